The van der Waals surface area contributed by atoms with Gasteiger partial charge >= 0.3 is 0 Å². The van der Waals surface area contributed by atoms with Crippen molar-refractivity contribution in [3.63, 3.8) is 0 Å². The third-order valence-electron chi connectivity index (χ3n) is 2.24. The van der Waals surface area contributed by atoms with Crippen LogP contribution in [-0.4, -0.2) is 17.3 Å². The molecule has 0 heterocycles. The fraction of sp³-hybridized carbons (Fsp3) is 0.500. The van der Waals surface area contributed by atoms with Crippen LogP contribution in [0.25, 0.3) is 0 Å². The Hall–Kier alpha value is -0.760. The lowest BCUT2D eigenvalue weighted by molar-refractivity contribution is -0.116. The van der Waals surface area contributed by atoms with Gasteiger partial charge in [-0.25, -0.2) is 0 Å². The zero-order valence-corrected chi connectivity index (χ0v) is 11.1. The van der Waals surface area contributed by atoms with Gasteiger partial charge in [0.05, 0.1) is 5.75 Å². The van der Waals surface area contributed by atoms with Crippen LogP contribution in [0.5, 0.6) is 0 Å². The van der Waals surface area contributed by atoms with E-state index in [0.29, 0.717) is 23.9 Å². The highest BCUT2D eigenvalue weighted by atomic mass is 32.2. The van der Waals surface area contributed by atoms with E-state index in [-0.39, 0.29) is 0 Å². The van der Waals surface area contributed by atoms with Crippen LogP contribution in [0.15, 0.2) is 24.3 Å². The third kappa shape index (κ3) is 5.36. The van der Waals surface area contributed by atoms with Gasteiger partial charge in [-0.2, -0.15) is 11.8 Å². The molecule has 0 amide bonds. The number of hydrogen-bond donors (Lipinski definition) is 0. The van der Waals surface area contributed by atoms with Crippen LogP contribution < -0.4 is 0 Å². The number of thioether (sulfide) groups is 1. The maximum absolute atomic E-state index is 11.7. The van der Waals surface area contributed by atoms with Crippen molar-refractivity contribution in [2.75, 3.05) is 11.5 Å². The lowest BCUT2D eigenvalue weighted by Crippen LogP contribution is -2.07. The first-order valence-electron chi connectivity index (χ1n) is 5.73. The lowest BCUT2D eigenvalue weighted by Gasteiger charge is -2.04. The molecule has 0 radical (unpaired) electrons. The van der Waals surface area contributed by atoms with E-state index in [1.807, 2.05) is 12.1 Å². The van der Waals surface area contributed by atoms with Crippen LogP contribution >= 0.6 is 11.8 Å². The summed E-state index contributed by atoms with van der Waals surface area (Å²) in [5.41, 5.74) is 2.37. The van der Waals surface area contributed by atoms with E-state index < -0.39 is 0 Å². The summed E-state index contributed by atoms with van der Waals surface area (Å²) >= 11 is 1.74. The Balaban J connectivity index is 2.31. The molecule has 1 rings (SSSR count). The molecular weight excluding hydrogens is 216 g/mol. The van der Waals surface area contributed by atoms with E-state index >= 15 is 0 Å². The minimum atomic E-state index is 0.328. The molecule has 16 heavy (non-hydrogen) atoms. The Morgan fingerprint density at radius 1 is 1.25 bits per heavy atom. The highest BCUT2D eigenvalue weighted by molar-refractivity contribution is 7.99. The van der Waals surface area contributed by atoms with Crippen LogP contribution in [0, 0.1) is 12.8 Å². The number of carbonyl (C=O) groups excluding carboxylic acids is 1. The molecule has 0 saturated heterocycles. The largest absolute Gasteiger partial charge is 0.298 e. The molecule has 0 spiro atoms. The van der Waals surface area contributed by atoms with E-state index in [0.717, 1.165) is 11.3 Å². The summed E-state index contributed by atoms with van der Waals surface area (Å²) < 4.78 is 0. The predicted molar refractivity (Wildman–Crippen MR) is 72.1 cm³/mol. The summed E-state index contributed by atoms with van der Waals surface area (Å²) in [6, 6.07) is 8.20. The van der Waals surface area contributed by atoms with Crippen LogP contribution in [0.4, 0.5) is 0 Å². The highest BCUT2D eigenvalue weighted by Crippen LogP contribution is 2.10. The van der Waals surface area contributed by atoms with Crippen molar-refractivity contribution in [2.45, 2.75) is 27.2 Å². The summed E-state index contributed by atoms with van der Waals surface area (Å²) in [5, 5.41) is 0. The molecule has 1 nitrogen and oxygen atoms in total. The molecule has 0 bridgehead atoms. The number of Topliss-reactive ketones (excluding diaryl/α,β-unsaturated/α-hetero) is 1. The highest BCUT2D eigenvalue weighted by Gasteiger charge is 2.04. The van der Waals surface area contributed by atoms with Crippen molar-refractivity contribution in [1.82, 2.24) is 0 Å². The van der Waals surface area contributed by atoms with E-state index in [4.69, 9.17) is 0 Å². The lowest BCUT2D eigenvalue weighted by atomic mass is 10.1. The SMILES string of the molecule is Cc1ccc(CC(=O)CSCC(C)C)cc1. The minimum absolute atomic E-state index is 0.328. The topological polar surface area (TPSA) is 17.1 Å². The Kier molecular flexibility index (Phi) is 5.61. The van der Waals surface area contributed by atoms with Gasteiger partial charge in [0, 0.05) is 6.42 Å². The maximum atomic E-state index is 11.7. The normalized spacial score (nSPS) is 10.8. The molecule has 0 aliphatic heterocycles. The predicted octanol–water partition coefficient (Wildman–Crippen LogP) is 3.50. The first-order valence-corrected chi connectivity index (χ1v) is 6.88. The summed E-state index contributed by atoms with van der Waals surface area (Å²) in [6.45, 7) is 6.42. The van der Waals surface area contributed by atoms with Crippen molar-refractivity contribution in [1.29, 1.82) is 0 Å². The van der Waals surface area contributed by atoms with Gasteiger partial charge in [0.1, 0.15) is 5.78 Å². The van der Waals surface area contributed by atoms with Gasteiger partial charge in [0.15, 0.2) is 0 Å². The van der Waals surface area contributed by atoms with Crippen LogP contribution in [0.2, 0.25) is 0 Å². The summed E-state index contributed by atoms with van der Waals surface area (Å²) in [7, 11) is 0. The fourth-order valence-electron chi connectivity index (χ4n) is 1.39. The average molecular weight is 236 g/mol. The van der Waals surface area contributed by atoms with Gasteiger partial charge in [0.25, 0.3) is 0 Å². The molecule has 1 aromatic carbocycles. The first-order chi connectivity index (χ1) is 7.58. The number of rotatable bonds is 6. The second-order valence-corrected chi connectivity index (χ2v) is 5.64. The smallest absolute Gasteiger partial charge is 0.147 e. The molecule has 1 aromatic rings. The number of benzene rings is 1. The van der Waals surface area contributed by atoms with Crippen molar-refractivity contribution in [3.05, 3.63) is 35.4 Å². The van der Waals surface area contributed by atoms with Gasteiger partial charge in [0.2, 0.25) is 0 Å². The molecule has 2 heteroatoms. The summed E-state index contributed by atoms with van der Waals surface area (Å²) in [6.07, 6.45) is 0.575. The number of ketones is 1. The zero-order valence-electron chi connectivity index (χ0n) is 10.3. The van der Waals surface area contributed by atoms with Crippen molar-refractivity contribution in [3.8, 4) is 0 Å². The Labute approximate surface area is 103 Å². The molecule has 0 aliphatic rings. The standard InChI is InChI=1S/C14H20OS/c1-11(2)9-16-10-14(15)8-13-6-4-12(3)5-7-13/h4-7,11H,8-10H2,1-3H3. The van der Waals surface area contributed by atoms with E-state index in [1.165, 1.54) is 5.56 Å². The van der Waals surface area contributed by atoms with E-state index in [1.54, 1.807) is 11.8 Å². The van der Waals surface area contributed by atoms with Crippen molar-refractivity contribution >= 4 is 17.5 Å². The van der Waals surface area contributed by atoms with Crippen LogP contribution in [0.3, 0.4) is 0 Å². The quantitative estimate of drug-likeness (QED) is 0.752. The monoisotopic (exact) mass is 236 g/mol. The molecule has 0 saturated carbocycles. The van der Waals surface area contributed by atoms with Gasteiger partial charge < -0.3 is 0 Å². The molecule has 0 aliphatic carbocycles. The second kappa shape index (κ2) is 6.74. The summed E-state index contributed by atoms with van der Waals surface area (Å²) in [4.78, 5) is 11.7. The molecule has 88 valence electrons. The Bertz CT molecular complexity index is 327. The van der Waals surface area contributed by atoms with Crippen molar-refractivity contribution < 1.29 is 4.79 Å². The molecule has 0 fully saturated rings. The molecular formula is C14H20OS. The number of carbonyl (C=O) groups is 1. The fourth-order valence-corrected chi connectivity index (χ4v) is 2.31. The Morgan fingerprint density at radius 2 is 1.88 bits per heavy atom. The summed E-state index contributed by atoms with van der Waals surface area (Å²) in [5.74, 6) is 2.71. The van der Waals surface area contributed by atoms with E-state index in [9.17, 15) is 4.79 Å². The average Bonchev–Trinajstić information content (AvgIpc) is 2.21. The number of hydrogen-bond acceptors (Lipinski definition) is 2. The van der Waals surface area contributed by atoms with E-state index in [2.05, 4.69) is 32.9 Å². The Morgan fingerprint density at radius 3 is 2.44 bits per heavy atom. The van der Waals surface area contributed by atoms with Gasteiger partial charge in [-0.15, -0.1) is 0 Å². The van der Waals surface area contributed by atoms with Crippen LogP contribution in [-0.2, 0) is 11.2 Å². The molecule has 0 aromatic heterocycles. The van der Waals surface area contributed by atoms with Gasteiger partial charge in [-0.3, -0.25) is 4.79 Å². The zero-order chi connectivity index (χ0) is 12.0. The minimum Gasteiger partial charge on any atom is -0.298 e. The van der Waals surface area contributed by atoms with Crippen molar-refractivity contribution in [2.24, 2.45) is 5.92 Å². The second-order valence-electron chi connectivity index (χ2n) is 4.61. The third-order valence-corrected chi connectivity index (χ3v) is 3.66. The first kappa shape index (κ1) is 13.3. The molecule has 0 unspecified atom stereocenters. The molecule has 0 N–H and O–H groups in total. The van der Waals surface area contributed by atoms with Crippen LogP contribution in [0.1, 0.15) is 25.0 Å². The molecule has 0 atom stereocenters. The van der Waals surface area contributed by atoms with Gasteiger partial charge in [-0.1, -0.05) is 43.7 Å². The van der Waals surface area contributed by atoms with Gasteiger partial charge in [-0.05, 0) is 24.2 Å². The maximum Gasteiger partial charge on any atom is 0.147 e. The number of aryl methyl sites for hydroxylation is 1.